The number of carboxylic acid groups (broad SMARTS) is 1. The molecule has 1 fully saturated rings. The van der Waals surface area contributed by atoms with E-state index in [-0.39, 0.29) is 0 Å². The quantitative estimate of drug-likeness (QED) is 0.623. The Morgan fingerprint density at radius 1 is 1.71 bits per heavy atom. The molecule has 1 heterocycles. The van der Waals surface area contributed by atoms with Gasteiger partial charge >= 0.3 is 6.09 Å². The highest BCUT2D eigenvalue weighted by atomic mass is 32.2. The van der Waals surface area contributed by atoms with E-state index in [0.29, 0.717) is 19.7 Å². The van der Waals surface area contributed by atoms with Gasteiger partial charge in [0, 0.05) is 25.7 Å². The van der Waals surface area contributed by atoms with Crippen molar-refractivity contribution in [3.8, 4) is 0 Å². The molecule has 1 atom stereocenters. The maximum absolute atomic E-state index is 10.7. The highest BCUT2D eigenvalue weighted by molar-refractivity contribution is 8.00. The van der Waals surface area contributed by atoms with Gasteiger partial charge in [0.25, 0.3) is 0 Å². The van der Waals surface area contributed by atoms with Crippen LogP contribution in [0, 0.1) is 0 Å². The van der Waals surface area contributed by atoms with Crippen molar-refractivity contribution in [3.05, 3.63) is 0 Å². The number of thioether (sulfide) groups is 1. The third-order valence-electron chi connectivity index (χ3n) is 2.20. The summed E-state index contributed by atoms with van der Waals surface area (Å²) in [5, 5.41) is 8.20. The van der Waals surface area contributed by atoms with Gasteiger partial charge in [0.2, 0.25) is 5.06 Å². The molecule has 1 saturated heterocycles. The minimum absolute atomic E-state index is 0.540. The van der Waals surface area contributed by atoms with Crippen LogP contribution in [0.3, 0.4) is 0 Å². The van der Waals surface area contributed by atoms with Crippen molar-refractivity contribution in [2.75, 3.05) is 33.0 Å². The van der Waals surface area contributed by atoms with Gasteiger partial charge in [0.05, 0.1) is 13.2 Å². The van der Waals surface area contributed by atoms with Crippen molar-refractivity contribution < 1.29 is 14.6 Å². The second-order valence-corrected chi connectivity index (χ2v) is 5.65. The minimum Gasteiger partial charge on any atom is -0.464 e. The molecule has 1 unspecified atom stereocenters. The molecule has 1 amide bonds. The van der Waals surface area contributed by atoms with Crippen LogP contribution in [-0.4, -0.2) is 64.1 Å². The first kappa shape index (κ1) is 14.6. The number of nitrogens with zero attached hydrogens (tertiary/aromatic N) is 3. The van der Waals surface area contributed by atoms with Crippen LogP contribution in [-0.2, 0) is 4.74 Å². The molecule has 0 bridgehead atoms. The van der Waals surface area contributed by atoms with Crippen LogP contribution in [0.25, 0.3) is 0 Å². The second-order valence-electron chi connectivity index (χ2n) is 3.38. The Labute approximate surface area is 110 Å². The predicted octanol–water partition coefficient (Wildman–Crippen LogP) is 1.60. The molecule has 98 valence electrons. The highest BCUT2D eigenvalue weighted by Gasteiger charge is 2.36. The predicted molar refractivity (Wildman–Crippen MR) is 71.3 cm³/mol. The molecule has 1 aliphatic rings. The molecule has 0 aliphatic carbocycles. The molecular weight excluding hydrogens is 262 g/mol. The number of ether oxygens (including phenoxy) is 1. The zero-order valence-electron chi connectivity index (χ0n) is 10.1. The summed E-state index contributed by atoms with van der Waals surface area (Å²) in [5.74, 6) is 0. The van der Waals surface area contributed by atoms with E-state index in [1.165, 1.54) is 35.2 Å². The van der Waals surface area contributed by atoms with E-state index in [9.17, 15) is 4.79 Å². The molecule has 0 spiro atoms. The fourth-order valence-electron chi connectivity index (χ4n) is 1.38. The van der Waals surface area contributed by atoms with Gasteiger partial charge in [-0.05, 0) is 19.4 Å². The van der Waals surface area contributed by atoms with E-state index >= 15 is 0 Å². The van der Waals surface area contributed by atoms with Crippen molar-refractivity contribution in [3.63, 3.8) is 0 Å². The molecule has 6 nitrogen and oxygen atoms in total. The number of carbonyl (C=O) groups is 1. The molecule has 17 heavy (non-hydrogen) atoms. The molecule has 1 rings (SSSR count). The lowest BCUT2D eigenvalue weighted by atomic mass is 10.4. The normalized spacial score (nSPS) is 26.3. The molecule has 0 saturated carbocycles. The largest absolute Gasteiger partial charge is 0.464 e. The number of morpholine rings is 1. The first-order chi connectivity index (χ1) is 8.03. The van der Waals surface area contributed by atoms with Crippen molar-refractivity contribution >= 4 is 36.2 Å². The fraction of sp³-hybridized carbons (Fsp3) is 0.778. The summed E-state index contributed by atoms with van der Waals surface area (Å²) in [6, 6.07) is 0. The zero-order valence-corrected chi connectivity index (χ0v) is 11.8. The third-order valence-corrected chi connectivity index (χ3v) is 4.13. The van der Waals surface area contributed by atoms with Gasteiger partial charge in [0.15, 0.2) is 0 Å². The van der Waals surface area contributed by atoms with Crippen LogP contribution in [0.5, 0.6) is 0 Å². The minimum atomic E-state index is -0.963. The first-order valence-corrected chi connectivity index (χ1v) is 7.07. The van der Waals surface area contributed by atoms with Crippen molar-refractivity contribution in [2.24, 2.45) is 4.99 Å². The van der Waals surface area contributed by atoms with Gasteiger partial charge in [0.1, 0.15) is 0 Å². The van der Waals surface area contributed by atoms with Crippen molar-refractivity contribution in [1.29, 1.82) is 0 Å². The van der Waals surface area contributed by atoms with E-state index < -0.39 is 11.2 Å². The maximum Gasteiger partial charge on any atom is 0.418 e. The first-order valence-electron chi connectivity index (χ1n) is 5.11. The smallest absolute Gasteiger partial charge is 0.418 e. The molecule has 0 aromatic heterocycles. The Morgan fingerprint density at radius 2 is 2.41 bits per heavy atom. The Kier molecular flexibility index (Phi) is 5.57. The van der Waals surface area contributed by atoms with Gasteiger partial charge < -0.3 is 9.84 Å². The summed E-state index contributed by atoms with van der Waals surface area (Å²) in [5.41, 5.74) is 0. The van der Waals surface area contributed by atoms with Crippen LogP contribution in [0.15, 0.2) is 4.99 Å². The zero-order chi connectivity index (χ0) is 12.9. The molecular formula is C9H17N3O3S2. The molecule has 1 N–H and O–H groups in total. The number of rotatable bonds is 4. The topological polar surface area (TPSA) is 65.4 Å². The molecule has 1 aliphatic heterocycles. The molecule has 0 aromatic carbocycles. The summed E-state index contributed by atoms with van der Waals surface area (Å²) in [7, 11) is 1.52. The monoisotopic (exact) mass is 279 g/mol. The number of amides is 1. The number of aliphatic imine (C=N–C) groups is 1. The van der Waals surface area contributed by atoms with Gasteiger partial charge in [-0.1, -0.05) is 0 Å². The van der Waals surface area contributed by atoms with Crippen LogP contribution in [0.2, 0.25) is 0 Å². The van der Waals surface area contributed by atoms with E-state index in [1.54, 1.807) is 6.21 Å². The van der Waals surface area contributed by atoms with Crippen molar-refractivity contribution in [2.45, 2.75) is 12.0 Å². The Balaban J connectivity index is 2.62. The van der Waals surface area contributed by atoms with Gasteiger partial charge in [-0.25, -0.2) is 13.4 Å². The standard InChI is InChI=1S/C9H17N3O3S2/c1-4-10-9(16-3)7-12(5-6-15-9)17-11(2)8(13)14/h4H,5-7H2,1-3H3,(H,13,14). The molecule has 0 radical (unpaired) electrons. The Bertz CT molecular complexity index is 303. The third kappa shape index (κ3) is 4.06. The van der Waals surface area contributed by atoms with E-state index in [2.05, 4.69) is 4.99 Å². The van der Waals surface area contributed by atoms with Gasteiger partial charge in [-0.15, -0.1) is 11.8 Å². The van der Waals surface area contributed by atoms with E-state index in [0.717, 1.165) is 0 Å². The number of hydrogen-bond donors (Lipinski definition) is 1. The lowest BCUT2D eigenvalue weighted by Gasteiger charge is -2.38. The second kappa shape index (κ2) is 6.48. The summed E-state index contributed by atoms with van der Waals surface area (Å²) in [6.07, 6.45) is 2.68. The summed E-state index contributed by atoms with van der Waals surface area (Å²) < 4.78 is 8.79. The maximum atomic E-state index is 10.7. The Hall–Kier alpha value is -0.440. The Morgan fingerprint density at radius 3 is 2.94 bits per heavy atom. The van der Waals surface area contributed by atoms with E-state index in [1.807, 2.05) is 17.5 Å². The molecule has 8 heteroatoms. The van der Waals surface area contributed by atoms with Crippen LogP contribution < -0.4 is 0 Å². The van der Waals surface area contributed by atoms with Gasteiger partial charge in [-0.2, -0.15) is 0 Å². The average molecular weight is 279 g/mol. The average Bonchev–Trinajstić information content (AvgIpc) is 2.29. The summed E-state index contributed by atoms with van der Waals surface area (Å²) >= 11 is 2.69. The lowest BCUT2D eigenvalue weighted by Crippen LogP contribution is -2.47. The number of hydrogen-bond acceptors (Lipinski definition) is 6. The van der Waals surface area contributed by atoms with E-state index in [4.69, 9.17) is 9.84 Å². The lowest BCUT2D eigenvalue weighted by molar-refractivity contribution is -0.0175. The van der Waals surface area contributed by atoms with Crippen molar-refractivity contribution in [1.82, 2.24) is 8.61 Å². The fourth-order valence-corrected chi connectivity index (χ4v) is 2.97. The summed E-state index contributed by atoms with van der Waals surface area (Å²) in [6.45, 7) is 3.63. The highest BCUT2D eigenvalue weighted by Crippen LogP contribution is 2.33. The van der Waals surface area contributed by atoms with Crippen LogP contribution in [0.1, 0.15) is 6.92 Å². The SMILES string of the molecule is CC=NC1(SC)CN(SN(C)C(=O)O)CCO1. The summed E-state index contributed by atoms with van der Waals surface area (Å²) in [4.78, 5) is 15.1. The van der Waals surface area contributed by atoms with Crippen LogP contribution in [0.4, 0.5) is 4.79 Å². The van der Waals surface area contributed by atoms with Gasteiger partial charge in [-0.3, -0.25) is 4.99 Å². The molecule has 0 aromatic rings. The van der Waals surface area contributed by atoms with Crippen LogP contribution >= 0.6 is 23.9 Å².